The number of rotatable bonds is 4. The van der Waals surface area contributed by atoms with Crippen LogP contribution in [0, 0.1) is 0 Å². The molecule has 1 unspecified atom stereocenters. The highest BCUT2D eigenvalue weighted by molar-refractivity contribution is 6.39. The second kappa shape index (κ2) is 7.82. The third-order valence-corrected chi connectivity index (χ3v) is 5.14. The average Bonchev–Trinajstić information content (AvgIpc) is 3.34. The summed E-state index contributed by atoms with van der Waals surface area (Å²) >= 11 is 6.21. The molecule has 0 saturated heterocycles. The molecule has 28 heavy (non-hydrogen) atoms. The molecule has 0 spiro atoms. The van der Waals surface area contributed by atoms with Crippen molar-refractivity contribution in [1.29, 1.82) is 0 Å². The molecule has 7 nitrogen and oxygen atoms in total. The number of fused-ring (bicyclic) bond motifs is 1. The maximum absolute atomic E-state index is 12.4. The van der Waals surface area contributed by atoms with E-state index in [9.17, 15) is 9.59 Å². The Hall–Kier alpha value is -3.19. The summed E-state index contributed by atoms with van der Waals surface area (Å²) in [6, 6.07) is 12.7. The van der Waals surface area contributed by atoms with E-state index in [0.29, 0.717) is 17.3 Å². The Bertz CT molecular complexity index is 1020. The van der Waals surface area contributed by atoms with Crippen molar-refractivity contribution in [3.8, 4) is 0 Å². The van der Waals surface area contributed by atoms with Crippen LogP contribution in [0.25, 0.3) is 0 Å². The molecule has 0 saturated carbocycles. The van der Waals surface area contributed by atoms with E-state index in [2.05, 4.69) is 20.7 Å². The number of hydrogen-bond donors (Lipinski definition) is 2. The van der Waals surface area contributed by atoms with Gasteiger partial charge in [0, 0.05) is 10.7 Å². The Kier molecular flexibility index (Phi) is 5.08. The molecular formula is C20H18ClN5O2. The fourth-order valence-corrected chi connectivity index (χ4v) is 3.71. The predicted molar refractivity (Wildman–Crippen MR) is 105 cm³/mol. The molecule has 3 aromatic rings. The fourth-order valence-electron chi connectivity index (χ4n) is 3.43. The minimum absolute atomic E-state index is 0.211. The van der Waals surface area contributed by atoms with Gasteiger partial charge in [0.25, 0.3) is 0 Å². The zero-order valence-electron chi connectivity index (χ0n) is 14.9. The van der Waals surface area contributed by atoms with E-state index in [4.69, 9.17) is 11.6 Å². The first-order valence-corrected chi connectivity index (χ1v) is 9.29. The molecule has 2 N–H and O–H groups in total. The van der Waals surface area contributed by atoms with Crippen LogP contribution in [0.3, 0.4) is 0 Å². The minimum atomic E-state index is -0.707. The van der Waals surface area contributed by atoms with Gasteiger partial charge in [-0.05, 0) is 41.7 Å². The highest BCUT2D eigenvalue weighted by Gasteiger charge is 2.27. The van der Waals surface area contributed by atoms with Gasteiger partial charge in [0.2, 0.25) is 0 Å². The van der Waals surface area contributed by atoms with Crippen LogP contribution >= 0.6 is 11.6 Å². The van der Waals surface area contributed by atoms with Crippen LogP contribution in [0.4, 0.5) is 5.69 Å². The average molecular weight is 396 g/mol. The second-order valence-electron chi connectivity index (χ2n) is 6.58. The third kappa shape index (κ3) is 3.75. The van der Waals surface area contributed by atoms with Gasteiger partial charge in [-0.3, -0.25) is 9.59 Å². The Morgan fingerprint density at radius 2 is 2.00 bits per heavy atom. The van der Waals surface area contributed by atoms with E-state index in [1.165, 1.54) is 6.33 Å². The van der Waals surface area contributed by atoms with Gasteiger partial charge < -0.3 is 10.6 Å². The lowest BCUT2D eigenvalue weighted by atomic mass is 10.1. The van der Waals surface area contributed by atoms with Crippen molar-refractivity contribution in [3.05, 3.63) is 76.8 Å². The van der Waals surface area contributed by atoms with Crippen molar-refractivity contribution in [2.45, 2.75) is 25.4 Å². The van der Waals surface area contributed by atoms with Crippen LogP contribution in [0.5, 0.6) is 0 Å². The van der Waals surface area contributed by atoms with Gasteiger partial charge in [0.05, 0.1) is 12.6 Å². The first-order chi connectivity index (χ1) is 13.6. The summed E-state index contributed by atoms with van der Waals surface area (Å²) in [5, 5.41) is 10.3. The van der Waals surface area contributed by atoms with Crippen molar-refractivity contribution >= 4 is 29.1 Å². The van der Waals surface area contributed by atoms with Crippen LogP contribution in [-0.2, 0) is 22.6 Å². The van der Waals surface area contributed by atoms with E-state index in [-0.39, 0.29) is 6.04 Å². The zero-order valence-corrected chi connectivity index (χ0v) is 15.7. The van der Waals surface area contributed by atoms with Gasteiger partial charge in [0.1, 0.15) is 12.7 Å². The molecule has 1 atom stereocenters. The Morgan fingerprint density at radius 3 is 2.82 bits per heavy atom. The van der Waals surface area contributed by atoms with Crippen molar-refractivity contribution in [3.63, 3.8) is 0 Å². The molecule has 1 aliphatic carbocycles. The van der Waals surface area contributed by atoms with Gasteiger partial charge in [-0.2, -0.15) is 5.10 Å². The Labute approximate surface area is 166 Å². The Balaban J connectivity index is 1.44. The van der Waals surface area contributed by atoms with Gasteiger partial charge in [0.15, 0.2) is 0 Å². The predicted octanol–water partition coefficient (Wildman–Crippen LogP) is 2.72. The maximum Gasteiger partial charge on any atom is 0.313 e. The van der Waals surface area contributed by atoms with Gasteiger partial charge in [-0.1, -0.05) is 41.9 Å². The molecule has 2 aromatic carbocycles. The number of hydrogen-bond acceptors (Lipinski definition) is 4. The standard InChI is InChI=1S/C20H18ClN5O2/c21-16-6-3-5-15-14(16)8-9-18(15)25-20(28)19(27)24-17-7-2-1-4-13(17)10-26-12-22-11-23-26/h1-7,11-12,18H,8-10H2,(H,24,27)(H,25,28). The lowest BCUT2D eigenvalue weighted by Gasteiger charge is -2.15. The number of nitrogens with zero attached hydrogens (tertiary/aromatic N) is 3. The Morgan fingerprint density at radius 1 is 1.14 bits per heavy atom. The summed E-state index contributed by atoms with van der Waals surface area (Å²) in [4.78, 5) is 28.8. The molecular weight excluding hydrogens is 378 g/mol. The van der Waals surface area contributed by atoms with Gasteiger partial charge >= 0.3 is 11.8 Å². The number of aromatic nitrogens is 3. The van der Waals surface area contributed by atoms with Crippen LogP contribution in [0.2, 0.25) is 5.02 Å². The SMILES string of the molecule is O=C(Nc1ccccc1Cn1cncn1)C(=O)NC1CCc2c(Cl)cccc21. The number of anilines is 1. The zero-order chi connectivity index (χ0) is 19.5. The summed E-state index contributed by atoms with van der Waals surface area (Å²) in [7, 11) is 0. The number of halogens is 1. The summed E-state index contributed by atoms with van der Waals surface area (Å²) in [5.74, 6) is -1.38. The molecule has 0 bridgehead atoms. The molecule has 0 aliphatic heterocycles. The van der Waals surface area contributed by atoms with Crippen LogP contribution in [0.15, 0.2) is 55.1 Å². The third-order valence-electron chi connectivity index (χ3n) is 4.79. The van der Waals surface area contributed by atoms with Crippen molar-refractivity contribution in [1.82, 2.24) is 20.1 Å². The maximum atomic E-state index is 12.4. The lowest BCUT2D eigenvalue weighted by Crippen LogP contribution is -2.37. The number of carbonyl (C=O) groups is 2. The molecule has 0 radical (unpaired) electrons. The smallest absolute Gasteiger partial charge is 0.313 e. The first kappa shape index (κ1) is 18.2. The summed E-state index contributed by atoms with van der Waals surface area (Å²) in [5.41, 5.74) is 3.40. The highest BCUT2D eigenvalue weighted by Crippen LogP contribution is 2.35. The number of nitrogens with one attached hydrogen (secondary N) is 2. The fraction of sp³-hybridized carbons (Fsp3) is 0.200. The first-order valence-electron chi connectivity index (χ1n) is 8.91. The number of carbonyl (C=O) groups excluding carboxylic acids is 2. The highest BCUT2D eigenvalue weighted by atomic mass is 35.5. The monoisotopic (exact) mass is 395 g/mol. The number of benzene rings is 2. The van der Waals surface area contributed by atoms with E-state index in [1.807, 2.05) is 30.3 Å². The quantitative estimate of drug-likeness (QED) is 0.665. The molecule has 1 heterocycles. The van der Waals surface area contributed by atoms with E-state index < -0.39 is 11.8 Å². The molecule has 142 valence electrons. The topological polar surface area (TPSA) is 88.9 Å². The molecule has 1 aliphatic rings. The van der Waals surface area contributed by atoms with E-state index in [1.54, 1.807) is 23.1 Å². The number of para-hydroxylation sites is 1. The summed E-state index contributed by atoms with van der Waals surface area (Å²) in [6.45, 7) is 0.437. The molecule has 1 aromatic heterocycles. The number of amides is 2. The molecule has 8 heteroatoms. The molecule has 2 amide bonds. The van der Waals surface area contributed by atoms with Crippen LogP contribution < -0.4 is 10.6 Å². The minimum Gasteiger partial charge on any atom is -0.341 e. The molecule has 4 rings (SSSR count). The van der Waals surface area contributed by atoms with Crippen molar-refractivity contribution < 1.29 is 9.59 Å². The van der Waals surface area contributed by atoms with E-state index >= 15 is 0 Å². The van der Waals surface area contributed by atoms with Gasteiger partial charge in [-0.25, -0.2) is 9.67 Å². The van der Waals surface area contributed by atoms with Crippen molar-refractivity contribution in [2.24, 2.45) is 0 Å². The summed E-state index contributed by atoms with van der Waals surface area (Å²) < 4.78 is 1.64. The summed E-state index contributed by atoms with van der Waals surface area (Å²) in [6.07, 6.45) is 4.54. The largest absolute Gasteiger partial charge is 0.341 e. The lowest BCUT2D eigenvalue weighted by molar-refractivity contribution is -0.136. The van der Waals surface area contributed by atoms with Crippen LogP contribution in [-0.4, -0.2) is 26.6 Å². The van der Waals surface area contributed by atoms with Gasteiger partial charge in [-0.15, -0.1) is 0 Å². The second-order valence-corrected chi connectivity index (χ2v) is 6.98. The van der Waals surface area contributed by atoms with Crippen LogP contribution in [0.1, 0.15) is 29.2 Å². The van der Waals surface area contributed by atoms with Crippen molar-refractivity contribution in [2.75, 3.05) is 5.32 Å². The molecule has 0 fully saturated rings. The van der Waals surface area contributed by atoms with E-state index in [0.717, 1.165) is 29.5 Å². The normalized spacial score (nSPS) is 15.1.